The summed E-state index contributed by atoms with van der Waals surface area (Å²) in [6.45, 7) is 2.05. The maximum atomic E-state index is 13.4. The smallest absolute Gasteiger partial charge is 0.273 e. The molecule has 0 N–H and O–H groups in total. The molecule has 0 radical (unpaired) electrons. The number of hydrogen-bond acceptors (Lipinski definition) is 5. The number of amides is 2. The number of morpholine rings is 1. The lowest BCUT2D eigenvalue weighted by molar-refractivity contribution is 0.0299. The van der Waals surface area contributed by atoms with Crippen LogP contribution in [0.5, 0.6) is 0 Å². The van der Waals surface area contributed by atoms with Gasteiger partial charge < -0.3 is 9.64 Å². The van der Waals surface area contributed by atoms with Gasteiger partial charge in [0.05, 0.1) is 29.5 Å². The zero-order valence-electron chi connectivity index (χ0n) is 15.8. The summed E-state index contributed by atoms with van der Waals surface area (Å²) in [4.78, 5) is 33.8. The van der Waals surface area contributed by atoms with E-state index in [9.17, 15) is 9.59 Å². The Hall–Kier alpha value is -2.45. The number of nitrogens with zero attached hydrogens (tertiary/aromatic N) is 3. The van der Waals surface area contributed by atoms with Gasteiger partial charge in [-0.15, -0.1) is 11.3 Å². The van der Waals surface area contributed by atoms with E-state index >= 15 is 0 Å². The molecule has 0 atom stereocenters. The quantitative estimate of drug-likeness (QED) is 0.554. The highest BCUT2D eigenvalue weighted by Crippen LogP contribution is 2.33. The van der Waals surface area contributed by atoms with Gasteiger partial charge in [0.15, 0.2) is 5.13 Å². The zero-order valence-corrected chi connectivity index (χ0v) is 18.1. The summed E-state index contributed by atoms with van der Waals surface area (Å²) in [5.74, 6) is -0.523. The second kappa shape index (κ2) is 9.14. The molecule has 6 nitrogen and oxygen atoms in total. The third-order valence-corrected chi connectivity index (χ3v) is 6.00. The van der Waals surface area contributed by atoms with Crippen molar-refractivity contribution in [3.8, 4) is 0 Å². The first-order valence-electron chi connectivity index (χ1n) is 9.21. The number of thiazole rings is 1. The number of carbonyl (C=O) groups is 2. The van der Waals surface area contributed by atoms with Crippen LogP contribution in [-0.4, -0.2) is 48.0 Å². The van der Waals surface area contributed by atoms with E-state index in [0.717, 1.165) is 0 Å². The topological polar surface area (TPSA) is 62.7 Å². The SMILES string of the molecule is O=C(c1csc(N(C(=O)c2ccccc2Cl)c2ccc(Cl)cc2)n1)N1CCOCC1. The molecule has 1 saturated heterocycles. The van der Waals surface area contributed by atoms with Crippen LogP contribution in [0.3, 0.4) is 0 Å². The monoisotopic (exact) mass is 461 g/mol. The van der Waals surface area contributed by atoms with Crippen molar-refractivity contribution in [2.45, 2.75) is 0 Å². The molecule has 3 aromatic rings. The van der Waals surface area contributed by atoms with Crippen LogP contribution in [0.25, 0.3) is 0 Å². The van der Waals surface area contributed by atoms with E-state index in [1.54, 1.807) is 58.8 Å². The van der Waals surface area contributed by atoms with Gasteiger partial charge in [-0.2, -0.15) is 0 Å². The molecule has 2 aromatic carbocycles. The lowest BCUT2D eigenvalue weighted by Gasteiger charge is -2.26. The van der Waals surface area contributed by atoms with Gasteiger partial charge >= 0.3 is 0 Å². The standard InChI is InChI=1S/C21H17Cl2N3O3S/c22-14-5-7-15(8-6-14)26(19(27)16-3-1-2-4-17(16)23)21-24-18(13-30-21)20(28)25-9-11-29-12-10-25/h1-8,13H,9-12H2. The van der Waals surface area contributed by atoms with Crippen molar-refractivity contribution in [3.63, 3.8) is 0 Å². The van der Waals surface area contributed by atoms with Crippen molar-refractivity contribution < 1.29 is 14.3 Å². The Morgan fingerprint density at radius 1 is 1.03 bits per heavy atom. The summed E-state index contributed by atoms with van der Waals surface area (Å²) in [7, 11) is 0. The number of benzene rings is 2. The Bertz CT molecular complexity index is 1070. The lowest BCUT2D eigenvalue weighted by Crippen LogP contribution is -2.40. The number of rotatable bonds is 4. The van der Waals surface area contributed by atoms with E-state index < -0.39 is 0 Å². The van der Waals surface area contributed by atoms with Gasteiger partial charge in [-0.05, 0) is 36.4 Å². The van der Waals surface area contributed by atoms with Gasteiger partial charge in [0.1, 0.15) is 5.69 Å². The summed E-state index contributed by atoms with van der Waals surface area (Å²) >= 11 is 13.5. The summed E-state index contributed by atoms with van der Waals surface area (Å²) in [5, 5.41) is 2.92. The molecule has 1 aromatic heterocycles. The number of aromatic nitrogens is 1. The number of anilines is 2. The minimum absolute atomic E-state index is 0.179. The summed E-state index contributed by atoms with van der Waals surface area (Å²) in [6, 6.07) is 13.6. The Labute approximate surface area is 187 Å². The van der Waals surface area contributed by atoms with Gasteiger partial charge in [-0.1, -0.05) is 35.3 Å². The number of carbonyl (C=O) groups excluding carboxylic acids is 2. The van der Waals surface area contributed by atoms with Gasteiger partial charge in [0, 0.05) is 23.5 Å². The van der Waals surface area contributed by atoms with Crippen molar-refractivity contribution in [2.75, 3.05) is 31.2 Å². The fourth-order valence-corrected chi connectivity index (χ4v) is 4.21. The van der Waals surface area contributed by atoms with Crippen LogP contribution in [0.1, 0.15) is 20.8 Å². The maximum absolute atomic E-state index is 13.4. The number of hydrogen-bond donors (Lipinski definition) is 0. The van der Waals surface area contributed by atoms with E-state index in [0.29, 0.717) is 58.4 Å². The van der Waals surface area contributed by atoms with E-state index in [1.807, 2.05) is 0 Å². The number of halogens is 2. The van der Waals surface area contributed by atoms with Crippen molar-refractivity contribution in [1.29, 1.82) is 0 Å². The fraction of sp³-hybridized carbons (Fsp3) is 0.190. The van der Waals surface area contributed by atoms with Crippen LogP contribution in [0, 0.1) is 0 Å². The molecule has 1 aliphatic heterocycles. The average Bonchev–Trinajstić information content (AvgIpc) is 3.25. The molecular formula is C21H17Cl2N3O3S. The molecule has 2 amide bonds. The predicted octanol–water partition coefficient (Wildman–Crippen LogP) is 4.90. The molecule has 0 bridgehead atoms. The molecule has 2 heterocycles. The van der Waals surface area contributed by atoms with Crippen LogP contribution in [0.15, 0.2) is 53.9 Å². The first-order valence-corrected chi connectivity index (χ1v) is 10.9. The van der Waals surface area contributed by atoms with Crippen molar-refractivity contribution >= 4 is 57.2 Å². The van der Waals surface area contributed by atoms with Crippen LogP contribution in [0.2, 0.25) is 10.0 Å². The van der Waals surface area contributed by atoms with E-state index in [2.05, 4.69) is 4.98 Å². The van der Waals surface area contributed by atoms with Crippen molar-refractivity contribution in [2.24, 2.45) is 0 Å². The summed E-state index contributed by atoms with van der Waals surface area (Å²) in [5.41, 5.74) is 1.21. The van der Waals surface area contributed by atoms with E-state index in [1.165, 1.54) is 16.2 Å². The fourth-order valence-electron chi connectivity index (χ4n) is 3.05. The second-order valence-corrected chi connectivity index (χ2v) is 8.20. The largest absolute Gasteiger partial charge is 0.378 e. The predicted molar refractivity (Wildman–Crippen MR) is 118 cm³/mol. The van der Waals surface area contributed by atoms with Crippen LogP contribution < -0.4 is 4.90 Å². The highest BCUT2D eigenvalue weighted by Gasteiger charge is 2.27. The summed E-state index contributed by atoms with van der Waals surface area (Å²) < 4.78 is 5.30. The van der Waals surface area contributed by atoms with Gasteiger partial charge in [0.2, 0.25) is 0 Å². The molecule has 4 rings (SSSR count). The summed E-state index contributed by atoms with van der Waals surface area (Å²) in [6.07, 6.45) is 0. The maximum Gasteiger partial charge on any atom is 0.273 e. The zero-order chi connectivity index (χ0) is 21.1. The molecule has 1 fully saturated rings. The molecule has 0 spiro atoms. The average molecular weight is 462 g/mol. The molecule has 1 aliphatic rings. The van der Waals surface area contributed by atoms with Gasteiger partial charge in [-0.3, -0.25) is 14.5 Å². The van der Waals surface area contributed by atoms with Gasteiger partial charge in [-0.25, -0.2) is 4.98 Å². The van der Waals surface area contributed by atoms with Crippen LogP contribution >= 0.6 is 34.5 Å². The van der Waals surface area contributed by atoms with E-state index in [4.69, 9.17) is 27.9 Å². The molecule has 30 heavy (non-hydrogen) atoms. The lowest BCUT2D eigenvalue weighted by atomic mass is 10.2. The third-order valence-electron chi connectivity index (χ3n) is 4.59. The van der Waals surface area contributed by atoms with E-state index in [-0.39, 0.29) is 11.8 Å². The minimum atomic E-state index is -0.345. The first kappa shape index (κ1) is 20.8. The van der Waals surface area contributed by atoms with Crippen molar-refractivity contribution in [3.05, 3.63) is 75.2 Å². The minimum Gasteiger partial charge on any atom is -0.378 e. The molecule has 0 unspecified atom stereocenters. The Morgan fingerprint density at radius 2 is 1.73 bits per heavy atom. The Morgan fingerprint density at radius 3 is 2.43 bits per heavy atom. The highest BCUT2D eigenvalue weighted by atomic mass is 35.5. The molecule has 0 aliphatic carbocycles. The molecular weight excluding hydrogens is 445 g/mol. The van der Waals surface area contributed by atoms with Gasteiger partial charge in [0.25, 0.3) is 11.8 Å². The third kappa shape index (κ3) is 4.34. The first-order chi connectivity index (χ1) is 14.5. The molecule has 0 saturated carbocycles. The Kier molecular flexibility index (Phi) is 6.34. The van der Waals surface area contributed by atoms with Crippen molar-refractivity contribution in [1.82, 2.24) is 9.88 Å². The normalized spacial score (nSPS) is 13.9. The number of ether oxygens (including phenoxy) is 1. The second-order valence-electron chi connectivity index (χ2n) is 6.52. The molecule has 154 valence electrons. The van der Waals surface area contributed by atoms with Crippen LogP contribution in [-0.2, 0) is 4.74 Å². The molecule has 9 heteroatoms. The van der Waals surface area contributed by atoms with Crippen LogP contribution in [0.4, 0.5) is 10.8 Å². The Balaban J connectivity index is 1.70. The highest BCUT2D eigenvalue weighted by molar-refractivity contribution is 7.14.